The van der Waals surface area contributed by atoms with Crippen LogP contribution in [-0.2, 0) is 6.54 Å². The second-order valence-electron chi connectivity index (χ2n) is 6.17. The summed E-state index contributed by atoms with van der Waals surface area (Å²) in [6.45, 7) is 5.65. The summed E-state index contributed by atoms with van der Waals surface area (Å²) in [5.41, 5.74) is 2.18. The van der Waals surface area contributed by atoms with Gasteiger partial charge in [0.15, 0.2) is 0 Å². The Morgan fingerprint density at radius 1 is 1.22 bits per heavy atom. The second kappa shape index (κ2) is 7.32. The van der Waals surface area contributed by atoms with Crippen LogP contribution in [0, 0.1) is 5.92 Å². The molecule has 23 heavy (non-hydrogen) atoms. The highest BCUT2D eigenvalue weighted by atomic mass is 32.1. The molecule has 2 heterocycles. The quantitative estimate of drug-likeness (QED) is 0.827. The van der Waals surface area contributed by atoms with Gasteiger partial charge in [-0.05, 0) is 44.0 Å². The number of benzene rings is 1. The zero-order valence-corrected chi connectivity index (χ0v) is 14.9. The van der Waals surface area contributed by atoms with Crippen molar-refractivity contribution in [2.45, 2.75) is 26.3 Å². The summed E-state index contributed by atoms with van der Waals surface area (Å²) in [6, 6.07) is 5.87. The fourth-order valence-corrected chi connectivity index (χ4v) is 3.77. The van der Waals surface area contributed by atoms with Crippen molar-refractivity contribution in [3.8, 4) is 22.1 Å². The van der Waals surface area contributed by atoms with Crippen molar-refractivity contribution >= 4 is 11.3 Å². The van der Waals surface area contributed by atoms with Crippen LogP contribution in [0.25, 0.3) is 10.6 Å². The number of rotatable bonds is 5. The maximum Gasteiger partial charge on any atom is 0.132 e. The third-order valence-corrected chi connectivity index (χ3v) is 5.38. The van der Waals surface area contributed by atoms with Gasteiger partial charge in [-0.15, -0.1) is 11.3 Å². The minimum absolute atomic E-state index is 0.796. The molecule has 2 aromatic rings. The molecule has 0 aliphatic carbocycles. The smallest absolute Gasteiger partial charge is 0.132 e. The normalized spacial score (nSPS) is 16.5. The van der Waals surface area contributed by atoms with Crippen LogP contribution in [0.15, 0.2) is 23.6 Å². The van der Waals surface area contributed by atoms with E-state index in [2.05, 4.69) is 17.2 Å². The van der Waals surface area contributed by atoms with Crippen molar-refractivity contribution in [2.24, 2.45) is 5.92 Å². The lowest BCUT2D eigenvalue weighted by Crippen LogP contribution is -2.32. The van der Waals surface area contributed by atoms with Gasteiger partial charge in [-0.25, -0.2) is 4.98 Å². The molecule has 0 N–H and O–H groups in total. The Bertz CT molecular complexity index is 648. The predicted molar refractivity (Wildman–Crippen MR) is 94.3 cm³/mol. The maximum atomic E-state index is 5.49. The molecule has 0 unspecified atom stereocenters. The maximum absolute atomic E-state index is 5.49. The van der Waals surface area contributed by atoms with Gasteiger partial charge >= 0.3 is 0 Å². The van der Waals surface area contributed by atoms with Gasteiger partial charge in [0.2, 0.25) is 0 Å². The number of methoxy groups -OCH3 is 2. The van der Waals surface area contributed by atoms with Gasteiger partial charge in [0.05, 0.1) is 25.5 Å². The Morgan fingerprint density at radius 2 is 2.00 bits per heavy atom. The summed E-state index contributed by atoms with van der Waals surface area (Å²) in [4.78, 5) is 7.32. The van der Waals surface area contributed by atoms with Crippen LogP contribution in [0.2, 0.25) is 0 Å². The highest BCUT2D eigenvalue weighted by Gasteiger charge is 2.17. The number of aromatic nitrogens is 1. The van der Waals surface area contributed by atoms with Gasteiger partial charge in [0.25, 0.3) is 0 Å². The fourth-order valence-electron chi connectivity index (χ4n) is 2.93. The molecule has 1 aromatic carbocycles. The number of likely N-dealkylation sites (tertiary alicyclic amines) is 1. The predicted octanol–water partition coefficient (Wildman–Crippen LogP) is 4.06. The van der Waals surface area contributed by atoms with Gasteiger partial charge in [0.1, 0.15) is 16.5 Å². The molecule has 0 spiro atoms. The van der Waals surface area contributed by atoms with Crippen molar-refractivity contribution in [1.82, 2.24) is 9.88 Å². The number of hydrogen-bond donors (Lipinski definition) is 0. The molecule has 124 valence electrons. The molecule has 1 aromatic heterocycles. The third-order valence-electron chi connectivity index (χ3n) is 4.45. The lowest BCUT2D eigenvalue weighted by atomic mass is 9.99. The Labute approximate surface area is 142 Å². The van der Waals surface area contributed by atoms with Crippen LogP contribution >= 0.6 is 11.3 Å². The molecular formula is C18H24N2O2S. The molecule has 1 saturated heterocycles. The zero-order valence-electron chi connectivity index (χ0n) is 14.0. The average molecular weight is 332 g/mol. The van der Waals surface area contributed by atoms with Gasteiger partial charge in [-0.1, -0.05) is 6.92 Å². The molecule has 1 aliphatic heterocycles. The van der Waals surface area contributed by atoms with E-state index >= 15 is 0 Å². The Balaban J connectivity index is 1.74. The summed E-state index contributed by atoms with van der Waals surface area (Å²) >= 11 is 1.68. The zero-order chi connectivity index (χ0) is 16.2. The lowest BCUT2D eigenvalue weighted by molar-refractivity contribution is 0.184. The summed E-state index contributed by atoms with van der Waals surface area (Å²) in [5.74, 6) is 2.46. The highest BCUT2D eigenvalue weighted by molar-refractivity contribution is 7.13. The van der Waals surface area contributed by atoms with Crippen LogP contribution < -0.4 is 9.47 Å². The third kappa shape index (κ3) is 3.85. The minimum Gasteiger partial charge on any atom is -0.497 e. The van der Waals surface area contributed by atoms with Crippen molar-refractivity contribution in [3.05, 3.63) is 29.3 Å². The molecule has 3 rings (SSSR count). The SMILES string of the molecule is COc1ccc(-c2nc(CN3CCC(C)CC3)cs2)c(OC)c1. The van der Waals surface area contributed by atoms with E-state index in [4.69, 9.17) is 14.5 Å². The van der Waals surface area contributed by atoms with Crippen LogP contribution in [0.5, 0.6) is 11.5 Å². The van der Waals surface area contributed by atoms with Crippen molar-refractivity contribution in [3.63, 3.8) is 0 Å². The monoisotopic (exact) mass is 332 g/mol. The molecule has 5 heteroatoms. The van der Waals surface area contributed by atoms with E-state index in [1.54, 1.807) is 25.6 Å². The molecule has 1 fully saturated rings. The molecule has 0 saturated carbocycles. The van der Waals surface area contributed by atoms with E-state index in [-0.39, 0.29) is 0 Å². The van der Waals surface area contributed by atoms with Crippen molar-refractivity contribution in [1.29, 1.82) is 0 Å². The molecular weight excluding hydrogens is 308 g/mol. The number of piperidine rings is 1. The molecule has 1 aliphatic rings. The van der Waals surface area contributed by atoms with Crippen molar-refractivity contribution in [2.75, 3.05) is 27.3 Å². The molecule has 0 atom stereocenters. The number of thiazole rings is 1. The first-order chi connectivity index (χ1) is 11.2. The molecule has 4 nitrogen and oxygen atoms in total. The summed E-state index contributed by atoms with van der Waals surface area (Å²) in [6.07, 6.45) is 2.59. The lowest BCUT2D eigenvalue weighted by Gasteiger charge is -2.29. The van der Waals surface area contributed by atoms with Gasteiger partial charge in [-0.3, -0.25) is 4.90 Å². The number of hydrogen-bond acceptors (Lipinski definition) is 5. The van der Waals surface area contributed by atoms with E-state index in [9.17, 15) is 0 Å². The number of nitrogens with zero attached hydrogens (tertiary/aromatic N) is 2. The van der Waals surface area contributed by atoms with E-state index in [0.29, 0.717) is 0 Å². The highest BCUT2D eigenvalue weighted by Crippen LogP contribution is 2.35. The van der Waals surface area contributed by atoms with Crippen molar-refractivity contribution < 1.29 is 9.47 Å². The Hall–Kier alpha value is -1.59. The molecule has 0 radical (unpaired) electrons. The van der Waals surface area contributed by atoms with Gasteiger partial charge in [-0.2, -0.15) is 0 Å². The van der Waals surface area contributed by atoms with Crippen LogP contribution in [-0.4, -0.2) is 37.2 Å². The van der Waals surface area contributed by atoms with E-state index < -0.39 is 0 Å². The number of ether oxygens (including phenoxy) is 2. The average Bonchev–Trinajstić information content (AvgIpc) is 3.04. The summed E-state index contributed by atoms with van der Waals surface area (Å²) < 4.78 is 10.7. The largest absolute Gasteiger partial charge is 0.497 e. The summed E-state index contributed by atoms with van der Waals surface area (Å²) in [5, 5.41) is 3.17. The van der Waals surface area contributed by atoms with Gasteiger partial charge in [0, 0.05) is 18.0 Å². The first kappa shape index (κ1) is 16.3. The van der Waals surface area contributed by atoms with Crippen LogP contribution in [0.4, 0.5) is 0 Å². The Morgan fingerprint density at radius 3 is 2.70 bits per heavy atom. The van der Waals surface area contributed by atoms with E-state index in [0.717, 1.165) is 40.2 Å². The van der Waals surface area contributed by atoms with Gasteiger partial charge < -0.3 is 9.47 Å². The van der Waals surface area contributed by atoms with Crippen LogP contribution in [0.3, 0.4) is 0 Å². The first-order valence-electron chi connectivity index (χ1n) is 8.08. The molecule has 0 bridgehead atoms. The molecule has 0 amide bonds. The minimum atomic E-state index is 0.796. The Kier molecular flexibility index (Phi) is 5.18. The van der Waals surface area contributed by atoms with E-state index in [1.807, 2.05) is 18.2 Å². The second-order valence-corrected chi connectivity index (χ2v) is 7.03. The summed E-state index contributed by atoms with van der Waals surface area (Å²) in [7, 11) is 3.34. The fraction of sp³-hybridized carbons (Fsp3) is 0.500. The standard InChI is InChI=1S/C18H24N2O2S/c1-13-6-8-20(9-7-13)11-14-12-23-18(19-14)16-5-4-15(21-2)10-17(16)22-3/h4-5,10,12-13H,6-9,11H2,1-3H3. The first-order valence-corrected chi connectivity index (χ1v) is 8.96. The van der Waals surface area contributed by atoms with Crippen LogP contribution in [0.1, 0.15) is 25.5 Å². The van der Waals surface area contributed by atoms with E-state index in [1.165, 1.54) is 25.9 Å². The topological polar surface area (TPSA) is 34.6 Å².